The highest BCUT2D eigenvalue weighted by atomic mass is 32.2. The normalized spacial score (nSPS) is 11.0. The molecule has 3 aromatic heterocycles. The van der Waals surface area contributed by atoms with Crippen LogP contribution in [0.5, 0.6) is 11.6 Å². The zero-order valence-corrected chi connectivity index (χ0v) is 16.0. The fraction of sp³-hybridized carbons (Fsp3) is 0. The quantitative estimate of drug-likeness (QED) is 0.422. The molecule has 2 N–H and O–H groups in total. The van der Waals surface area contributed by atoms with Crippen LogP contribution < -0.4 is 10.5 Å². The van der Waals surface area contributed by atoms with Gasteiger partial charge in [0.2, 0.25) is 5.88 Å². The molecular formula is C22H15N5OS. The van der Waals surface area contributed by atoms with Crippen LogP contribution in [0.2, 0.25) is 0 Å². The summed E-state index contributed by atoms with van der Waals surface area (Å²) in [4.78, 5) is 18.4. The van der Waals surface area contributed by atoms with Gasteiger partial charge in [0.15, 0.2) is 5.75 Å². The molecule has 0 atom stereocenters. The molecule has 2 aromatic carbocycles. The Balaban J connectivity index is 1.52. The van der Waals surface area contributed by atoms with Crippen LogP contribution in [0, 0.1) is 0 Å². The van der Waals surface area contributed by atoms with Crippen molar-refractivity contribution in [1.82, 2.24) is 19.9 Å². The van der Waals surface area contributed by atoms with Gasteiger partial charge in [-0.1, -0.05) is 48.2 Å². The molecule has 7 heteroatoms. The lowest BCUT2D eigenvalue weighted by Crippen LogP contribution is -2.00. The Hall–Kier alpha value is -3.71. The van der Waals surface area contributed by atoms with Crippen LogP contribution in [-0.4, -0.2) is 19.9 Å². The molecule has 0 fully saturated rings. The summed E-state index contributed by atoms with van der Waals surface area (Å²) in [6.07, 6.45) is 4.95. The van der Waals surface area contributed by atoms with E-state index in [2.05, 4.69) is 19.9 Å². The molecule has 0 saturated carbocycles. The number of nitrogens with zero attached hydrogens (tertiary/aromatic N) is 4. The van der Waals surface area contributed by atoms with E-state index in [0.29, 0.717) is 22.3 Å². The maximum absolute atomic E-state index is 6.36. The van der Waals surface area contributed by atoms with Crippen LogP contribution >= 0.6 is 11.8 Å². The molecule has 0 unspecified atom stereocenters. The molecule has 5 rings (SSSR count). The highest BCUT2D eigenvalue weighted by molar-refractivity contribution is 7.99. The van der Waals surface area contributed by atoms with Crippen molar-refractivity contribution in [2.75, 3.05) is 5.73 Å². The zero-order valence-electron chi connectivity index (χ0n) is 15.2. The molecule has 0 spiro atoms. The van der Waals surface area contributed by atoms with E-state index < -0.39 is 0 Å². The van der Waals surface area contributed by atoms with Gasteiger partial charge >= 0.3 is 0 Å². The predicted molar refractivity (Wildman–Crippen MR) is 114 cm³/mol. The number of hydrogen-bond donors (Lipinski definition) is 1. The van der Waals surface area contributed by atoms with E-state index in [4.69, 9.17) is 10.5 Å². The molecule has 5 aromatic rings. The lowest BCUT2D eigenvalue weighted by atomic mass is 10.2. The van der Waals surface area contributed by atoms with Gasteiger partial charge in [0.25, 0.3) is 0 Å². The third-order valence-corrected chi connectivity index (χ3v) is 5.48. The Morgan fingerprint density at radius 3 is 2.24 bits per heavy atom. The highest BCUT2D eigenvalue weighted by Gasteiger charge is 2.15. The third-order valence-electron chi connectivity index (χ3n) is 4.42. The lowest BCUT2D eigenvalue weighted by molar-refractivity contribution is 0.466. The molecule has 3 heterocycles. The molecule has 140 valence electrons. The number of hydrogen-bond acceptors (Lipinski definition) is 7. The number of pyridine rings is 2. The van der Waals surface area contributed by atoms with Crippen molar-refractivity contribution < 1.29 is 4.74 Å². The second-order valence-electron chi connectivity index (χ2n) is 6.26. The average molecular weight is 397 g/mol. The molecule has 0 amide bonds. The van der Waals surface area contributed by atoms with Crippen LogP contribution in [0.25, 0.3) is 21.8 Å². The minimum Gasteiger partial charge on any atom is -0.435 e. The van der Waals surface area contributed by atoms with Crippen molar-refractivity contribution in [2.45, 2.75) is 9.92 Å². The van der Waals surface area contributed by atoms with E-state index in [1.807, 2.05) is 60.7 Å². The van der Waals surface area contributed by atoms with Crippen molar-refractivity contribution in [2.24, 2.45) is 0 Å². The summed E-state index contributed by atoms with van der Waals surface area (Å²) < 4.78 is 6.02. The SMILES string of the molecule is Nc1c(Oc2cccc3cccnc23)ncnc1Sc1cccc2cccnc12. The van der Waals surface area contributed by atoms with Crippen LogP contribution in [-0.2, 0) is 0 Å². The summed E-state index contributed by atoms with van der Waals surface area (Å²) in [5, 5.41) is 2.65. The summed E-state index contributed by atoms with van der Waals surface area (Å²) >= 11 is 1.44. The first-order valence-corrected chi connectivity index (χ1v) is 9.75. The second kappa shape index (κ2) is 7.37. The first-order chi connectivity index (χ1) is 14.3. The van der Waals surface area contributed by atoms with Gasteiger partial charge in [-0.3, -0.25) is 9.97 Å². The standard InChI is InChI=1S/C22H15N5OS/c23-18-21(28-16-9-1-5-14-7-3-11-24-19(14)16)26-13-27-22(18)29-17-10-2-6-15-8-4-12-25-20(15)17/h1-13H,23H2. The molecule has 0 aliphatic carbocycles. The summed E-state index contributed by atoms with van der Waals surface area (Å²) in [7, 11) is 0. The Morgan fingerprint density at radius 2 is 1.41 bits per heavy atom. The van der Waals surface area contributed by atoms with E-state index in [9.17, 15) is 0 Å². The molecule has 29 heavy (non-hydrogen) atoms. The molecule has 0 bridgehead atoms. The number of rotatable bonds is 4. The minimum absolute atomic E-state index is 0.300. The molecule has 0 saturated heterocycles. The van der Waals surface area contributed by atoms with Crippen molar-refractivity contribution in [3.63, 3.8) is 0 Å². The van der Waals surface area contributed by atoms with Gasteiger partial charge in [0, 0.05) is 28.1 Å². The third kappa shape index (κ3) is 3.32. The average Bonchev–Trinajstić information content (AvgIpc) is 2.77. The molecule has 6 nitrogen and oxygen atoms in total. The number of anilines is 1. The van der Waals surface area contributed by atoms with Crippen LogP contribution in [0.1, 0.15) is 0 Å². The monoisotopic (exact) mass is 397 g/mol. The van der Waals surface area contributed by atoms with Gasteiger partial charge in [-0.25, -0.2) is 4.98 Å². The van der Waals surface area contributed by atoms with Crippen molar-refractivity contribution in [1.29, 1.82) is 0 Å². The van der Waals surface area contributed by atoms with E-state index in [-0.39, 0.29) is 0 Å². The predicted octanol–water partition coefficient (Wildman–Crippen LogP) is 5.10. The van der Waals surface area contributed by atoms with Gasteiger partial charge in [0.05, 0.1) is 5.52 Å². The van der Waals surface area contributed by atoms with Gasteiger partial charge in [-0.2, -0.15) is 4.98 Å². The van der Waals surface area contributed by atoms with E-state index in [0.717, 1.165) is 26.7 Å². The van der Waals surface area contributed by atoms with Gasteiger partial charge in [0.1, 0.15) is 22.6 Å². The fourth-order valence-corrected chi connectivity index (χ4v) is 3.97. The van der Waals surface area contributed by atoms with Crippen molar-refractivity contribution in [3.8, 4) is 11.6 Å². The Morgan fingerprint density at radius 1 is 0.724 bits per heavy atom. The Bertz CT molecular complexity index is 1230. The highest BCUT2D eigenvalue weighted by Crippen LogP contribution is 2.38. The number of nitrogens with two attached hydrogens (primary N) is 1. The first-order valence-electron chi connectivity index (χ1n) is 8.93. The number of para-hydroxylation sites is 2. The smallest absolute Gasteiger partial charge is 0.247 e. The molecule has 0 radical (unpaired) electrons. The first kappa shape index (κ1) is 17.4. The second-order valence-corrected chi connectivity index (χ2v) is 7.29. The number of ether oxygens (including phenoxy) is 1. The molecular weight excluding hydrogens is 382 g/mol. The number of nitrogen functional groups attached to an aromatic ring is 1. The van der Waals surface area contributed by atoms with Gasteiger partial charge in [-0.05, 0) is 24.3 Å². The molecule has 0 aliphatic heterocycles. The van der Waals surface area contributed by atoms with Gasteiger partial charge in [-0.15, -0.1) is 0 Å². The topological polar surface area (TPSA) is 86.8 Å². The fourth-order valence-electron chi connectivity index (χ4n) is 3.05. The van der Waals surface area contributed by atoms with Crippen LogP contribution in [0.3, 0.4) is 0 Å². The zero-order chi connectivity index (χ0) is 19.6. The number of aromatic nitrogens is 4. The van der Waals surface area contributed by atoms with Crippen molar-refractivity contribution >= 4 is 39.3 Å². The number of benzene rings is 2. The van der Waals surface area contributed by atoms with E-state index >= 15 is 0 Å². The largest absolute Gasteiger partial charge is 0.435 e. The van der Waals surface area contributed by atoms with E-state index in [1.54, 1.807) is 12.4 Å². The maximum atomic E-state index is 6.36. The van der Waals surface area contributed by atoms with Crippen molar-refractivity contribution in [3.05, 3.63) is 79.4 Å². The summed E-state index contributed by atoms with van der Waals surface area (Å²) in [5.74, 6) is 0.894. The summed E-state index contributed by atoms with van der Waals surface area (Å²) in [5.41, 5.74) is 8.38. The van der Waals surface area contributed by atoms with Crippen LogP contribution in [0.4, 0.5) is 5.69 Å². The summed E-state index contributed by atoms with van der Waals surface area (Å²) in [6, 6.07) is 19.6. The molecule has 0 aliphatic rings. The maximum Gasteiger partial charge on any atom is 0.247 e. The number of fused-ring (bicyclic) bond motifs is 2. The Kier molecular flexibility index (Phi) is 4.42. The summed E-state index contributed by atoms with van der Waals surface area (Å²) in [6.45, 7) is 0. The van der Waals surface area contributed by atoms with Crippen LogP contribution in [0.15, 0.2) is 89.3 Å². The van der Waals surface area contributed by atoms with Gasteiger partial charge < -0.3 is 10.5 Å². The van der Waals surface area contributed by atoms with E-state index in [1.165, 1.54) is 18.1 Å². The lowest BCUT2D eigenvalue weighted by Gasteiger charge is -2.11. The minimum atomic E-state index is 0.300. The Labute approximate surface area is 170 Å².